The summed E-state index contributed by atoms with van der Waals surface area (Å²) in [4.78, 5) is 21.1. The number of nitrogens with zero attached hydrogens (tertiary/aromatic N) is 6. The summed E-state index contributed by atoms with van der Waals surface area (Å²) in [6.45, 7) is 4.45. The fourth-order valence-corrected chi connectivity index (χ4v) is 3.41. The Hall–Kier alpha value is -3.26. The van der Waals surface area contributed by atoms with Gasteiger partial charge in [-0.1, -0.05) is 23.4 Å². The van der Waals surface area contributed by atoms with Crippen molar-refractivity contribution in [1.29, 1.82) is 0 Å². The minimum absolute atomic E-state index is 0.0630. The topological polar surface area (TPSA) is 76.4 Å². The molecule has 0 saturated carbocycles. The molecule has 1 aliphatic heterocycles. The zero-order chi connectivity index (χ0) is 20.1. The van der Waals surface area contributed by atoms with Crippen LogP contribution < -0.4 is 4.74 Å². The van der Waals surface area contributed by atoms with Crippen molar-refractivity contribution < 1.29 is 9.53 Å². The number of benzene rings is 1. The SMILES string of the molecule is COc1ccc(Cn2cc(C(=O)N3CCN(Cc4cccnc4)CC3)nn2)cc1. The van der Waals surface area contributed by atoms with Crippen LogP contribution in [0.2, 0.25) is 0 Å². The van der Waals surface area contributed by atoms with E-state index in [-0.39, 0.29) is 5.91 Å². The molecule has 29 heavy (non-hydrogen) atoms. The van der Waals surface area contributed by atoms with Crippen molar-refractivity contribution in [1.82, 2.24) is 29.8 Å². The number of carbonyl (C=O) groups excluding carboxylic acids is 1. The Labute approximate surface area is 169 Å². The highest BCUT2D eigenvalue weighted by Gasteiger charge is 2.24. The van der Waals surface area contributed by atoms with E-state index < -0.39 is 0 Å². The van der Waals surface area contributed by atoms with Crippen molar-refractivity contribution in [2.75, 3.05) is 33.3 Å². The molecular weight excluding hydrogens is 368 g/mol. The van der Waals surface area contributed by atoms with E-state index in [2.05, 4.69) is 26.3 Å². The van der Waals surface area contributed by atoms with Gasteiger partial charge >= 0.3 is 0 Å². The van der Waals surface area contributed by atoms with E-state index in [0.717, 1.165) is 30.9 Å². The molecular formula is C21H24N6O2. The predicted molar refractivity (Wildman–Crippen MR) is 108 cm³/mol. The highest BCUT2D eigenvalue weighted by atomic mass is 16.5. The number of methoxy groups -OCH3 is 1. The zero-order valence-electron chi connectivity index (χ0n) is 16.4. The van der Waals surface area contributed by atoms with Gasteiger partial charge in [-0.05, 0) is 29.3 Å². The molecule has 1 saturated heterocycles. The normalized spacial score (nSPS) is 14.7. The second-order valence-corrected chi connectivity index (χ2v) is 7.08. The number of aromatic nitrogens is 4. The molecule has 1 aromatic carbocycles. The summed E-state index contributed by atoms with van der Waals surface area (Å²) in [7, 11) is 1.64. The van der Waals surface area contributed by atoms with Crippen LogP contribution in [0.25, 0.3) is 0 Å². The summed E-state index contributed by atoms with van der Waals surface area (Å²) >= 11 is 0. The van der Waals surface area contributed by atoms with Gasteiger partial charge in [0.05, 0.1) is 19.9 Å². The number of hydrogen-bond donors (Lipinski definition) is 0. The lowest BCUT2D eigenvalue weighted by molar-refractivity contribution is 0.0622. The first-order chi connectivity index (χ1) is 14.2. The lowest BCUT2D eigenvalue weighted by atomic mass is 10.2. The van der Waals surface area contributed by atoms with Gasteiger partial charge in [-0.3, -0.25) is 14.7 Å². The minimum Gasteiger partial charge on any atom is -0.497 e. The third-order valence-electron chi connectivity index (χ3n) is 5.05. The highest BCUT2D eigenvalue weighted by molar-refractivity contribution is 5.92. The van der Waals surface area contributed by atoms with Gasteiger partial charge in [-0.15, -0.1) is 5.10 Å². The van der Waals surface area contributed by atoms with E-state index in [1.54, 1.807) is 24.2 Å². The summed E-state index contributed by atoms with van der Waals surface area (Å²) in [6, 6.07) is 11.8. The standard InChI is InChI=1S/C21H24N6O2/c1-29-19-6-4-17(5-7-19)15-27-16-20(23-24-27)21(28)26-11-9-25(10-12-26)14-18-3-2-8-22-13-18/h2-8,13,16H,9-12,14-15H2,1H3. The number of piperazine rings is 1. The molecule has 0 N–H and O–H groups in total. The largest absolute Gasteiger partial charge is 0.497 e. The Bertz CT molecular complexity index is 933. The summed E-state index contributed by atoms with van der Waals surface area (Å²) in [5.41, 5.74) is 2.65. The Kier molecular flexibility index (Phi) is 5.81. The summed E-state index contributed by atoms with van der Waals surface area (Å²) in [6.07, 6.45) is 5.38. The molecule has 0 unspecified atom stereocenters. The van der Waals surface area contributed by atoms with E-state index in [4.69, 9.17) is 4.74 Å². The van der Waals surface area contributed by atoms with Crippen molar-refractivity contribution in [3.63, 3.8) is 0 Å². The predicted octanol–water partition coefficient (Wildman–Crippen LogP) is 1.69. The average molecular weight is 392 g/mol. The van der Waals surface area contributed by atoms with Crippen molar-refractivity contribution in [3.8, 4) is 5.75 Å². The molecule has 0 aliphatic carbocycles. The number of ether oxygens (including phenoxy) is 1. The monoisotopic (exact) mass is 392 g/mol. The lowest BCUT2D eigenvalue weighted by Gasteiger charge is -2.34. The van der Waals surface area contributed by atoms with Gasteiger partial charge in [-0.2, -0.15) is 0 Å². The first kappa shape index (κ1) is 19.1. The van der Waals surface area contributed by atoms with Crippen LogP contribution in [0.1, 0.15) is 21.6 Å². The molecule has 4 rings (SSSR count). The van der Waals surface area contributed by atoms with Gasteiger partial charge in [0.15, 0.2) is 5.69 Å². The highest BCUT2D eigenvalue weighted by Crippen LogP contribution is 2.13. The number of rotatable bonds is 6. The fourth-order valence-electron chi connectivity index (χ4n) is 3.41. The summed E-state index contributed by atoms with van der Waals surface area (Å²) in [5, 5.41) is 8.19. The van der Waals surface area contributed by atoms with Crippen molar-refractivity contribution >= 4 is 5.91 Å². The van der Waals surface area contributed by atoms with E-state index >= 15 is 0 Å². The zero-order valence-corrected chi connectivity index (χ0v) is 16.4. The lowest BCUT2D eigenvalue weighted by Crippen LogP contribution is -2.48. The van der Waals surface area contributed by atoms with Crippen molar-refractivity contribution in [2.45, 2.75) is 13.1 Å². The van der Waals surface area contributed by atoms with Crippen molar-refractivity contribution in [3.05, 3.63) is 71.8 Å². The Morgan fingerprint density at radius 3 is 2.52 bits per heavy atom. The first-order valence-corrected chi connectivity index (χ1v) is 9.65. The number of amides is 1. The third-order valence-corrected chi connectivity index (χ3v) is 5.05. The van der Waals surface area contributed by atoms with Gasteiger partial charge < -0.3 is 9.64 Å². The molecule has 1 aliphatic rings. The van der Waals surface area contributed by atoms with Crippen LogP contribution in [-0.4, -0.2) is 69.0 Å². The van der Waals surface area contributed by atoms with Gasteiger partial charge in [0.25, 0.3) is 5.91 Å². The second kappa shape index (κ2) is 8.83. The maximum absolute atomic E-state index is 12.8. The molecule has 2 aromatic heterocycles. The Morgan fingerprint density at radius 1 is 1.03 bits per heavy atom. The van der Waals surface area contributed by atoms with Gasteiger partial charge in [-0.25, -0.2) is 4.68 Å². The van der Waals surface area contributed by atoms with E-state index in [1.807, 2.05) is 41.4 Å². The van der Waals surface area contributed by atoms with E-state index in [9.17, 15) is 4.79 Å². The van der Waals surface area contributed by atoms with Crippen LogP contribution in [0.5, 0.6) is 5.75 Å². The molecule has 0 radical (unpaired) electrons. The Morgan fingerprint density at radius 2 is 1.83 bits per heavy atom. The maximum Gasteiger partial charge on any atom is 0.276 e. The minimum atomic E-state index is -0.0630. The van der Waals surface area contributed by atoms with Gasteiger partial charge in [0.2, 0.25) is 0 Å². The molecule has 150 valence electrons. The number of hydrogen-bond acceptors (Lipinski definition) is 6. The molecule has 3 aromatic rings. The summed E-state index contributed by atoms with van der Waals surface area (Å²) < 4.78 is 6.86. The van der Waals surface area contributed by atoms with E-state index in [1.165, 1.54) is 5.56 Å². The maximum atomic E-state index is 12.8. The second-order valence-electron chi connectivity index (χ2n) is 7.08. The first-order valence-electron chi connectivity index (χ1n) is 9.65. The molecule has 8 heteroatoms. The molecule has 8 nitrogen and oxygen atoms in total. The van der Waals surface area contributed by atoms with Crippen LogP contribution in [-0.2, 0) is 13.1 Å². The Balaban J connectivity index is 1.31. The van der Waals surface area contributed by atoms with Crippen LogP contribution >= 0.6 is 0 Å². The molecule has 1 fully saturated rings. The van der Waals surface area contributed by atoms with Crippen LogP contribution in [0.4, 0.5) is 0 Å². The molecule has 1 amide bonds. The van der Waals surface area contributed by atoms with Crippen LogP contribution in [0.15, 0.2) is 55.0 Å². The number of pyridine rings is 1. The fraction of sp³-hybridized carbons (Fsp3) is 0.333. The van der Waals surface area contributed by atoms with Gasteiger partial charge in [0, 0.05) is 45.1 Å². The third kappa shape index (κ3) is 4.78. The smallest absolute Gasteiger partial charge is 0.276 e. The van der Waals surface area contributed by atoms with Crippen LogP contribution in [0.3, 0.4) is 0 Å². The van der Waals surface area contributed by atoms with Crippen LogP contribution in [0, 0.1) is 0 Å². The van der Waals surface area contributed by atoms with Gasteiger partial charge in [0.1, 0.15) is 5.75 Å². The van der Waals surface area contributed by atoms with E-state index in [0.29, 0.717) is 25.3 Å². The van der Waals surface area contributed by atoms with Crippen molar-refractivity contribution in [2.24, 2.45) is 0 Å². The quantitative estimate of drug-likeness (QED) is 0.635. The molecule has 0 bridgehead atoms. The molecule has 3 heterocycles. The number of carbonyl (C=O) groups is 1. The average Bonchev–Trinajstić information content (AvgIpc) is 3.23. The summed E-state index contributed by atoms with van der Waals surface area (Å²) in [5.74, 6) is 0.748. The molecule has 0 spiro atoms. The molecule has 0 atom stereocenters.